The molecule has 0 radical (unpaired) electrons. The minimum Gasteiger partial charge on any atom is -0.456 e. The van der Waals surface area contributed by atoms with Crippen LogP contribution in [-0.2, 0) is 0 Å². The van der Waals surface area contributed by atoms with Crippen molar-refractivity contribution in [3.63, 3.8) is 0 Å². The number of aliphatic imine (C=N–C) groups is 1. The summed E-state index contributed by atoms with van der Waals surface area (Å²) in [4.78, 5) is 20.4. The van der Waals surface area contributed by atoms with Gasteiger partial charge >= 0.3 is 0 Å². The highest BCUT2D eigenvalue weighted by atomic mass is 16.5. The molecule has 0 bridgehead atoms. The van der Waals surface area contributed by atoms with Crippen LogP contribution in [0.2, 0.25) is 0 Å². The minimum absolute atomic E-state index is 0. The maximum atomic E-state index is 12.4. The molecule has 0 fully saturated rings. The van der Waals surface area contributed by atoms with Gasteiger partial charge in [0, 0.05) is 24.3 Å². The Morgan fingerprint density at radius 2 is 2.00 bits per heavy atom. The molecular weight excluding hydrogens is 326 g/mol. The van der Waals surface area contributed by atoms with E-state index in [-0.39, 0.29) is 7.33 Å². The molecule has 0 aliphatic heterocycles. The molecular formula is C21H19N3O2. The lowest BCUT2D eigenvalue weighted by Crippen LogP contribution is -2.11. The first-order chi connectivity index (χ1) is 12.7. The molecule has 1 amide bonds. The highest BCUT2D eigenvalue weighted by Crippen LogP contribution is 2.20. The van der Waals surface area contributed by atoms with Gasteiger partial charge < -0.3 is 10.1 Å². The molecule has 0 unspecified atom stereocenters. The van der Waals surface area contributed by atoms with Gasteiger partial charge in [-0.3, -0.25) is 14.8 Å². The first kappa shape index (κ1) is 17.1. The van der Waals surface area contributed by atoms with Crippen LogP contribution in [0.3, 0.4) is 0 Å². The average Bonchev–Trinajstić information content (AvgIpc) is 2.68. The van der Waals surface area contributed by atoms with Crippen LogP contribution in [0.5, 0.6) is 5.75 Å². The molecule has 0 aliphatic carbocycles. The van der Waals surface area contributed by atoms with Crippen LogP contribution in [0.15, 0.2) is 90.4 Å². The van der Waals surface area contributed by atoms with Gasteiger partial charge in [-0.2, -0.15) is 0 Å². The number of carbonyl (C=O) groups excluding carboxylic acids is 1. The van der Waals surface area contributed by atoms with Gasteiger partial charge in [-0.1, -0.05) is 18.7 Å². The summed E-state index contributed by atoms with van der Waals surface area (Å²) in [5, 5.41) is 3.85. The number of hydrogen-bond acceptors (Lipinski definition) is 4. The molecule has 0 saturated heterocycles. The first-order valence-corrected chi connectivity index (χ1v) is 7.92. The summed E-state index contributed by atoms with van der Waals surface area (Å²) < 4.78 is 5.59. The second-order valence-corrected chi connectivity index (χ2v) is 5.41. The lowest BCUT2D eigenvalue weighted by molar-refractivity contribution is 0.102. The van der Waals surface area contributed by atoms with Crippen molar-refractivity contribution in [2.24, 2.45) is 4.99 Å². The summed E-state index contributed by atoms with van der Waals surface area (Å²) in [5.41, 5.74) is 1.99. The maximum Gasteiger partial charge on any atom is 0.255 e. The molecule has 0 atom stereocenters. The van der Waals surface area contributed by atoms with E-state index in [0.717, 1.165) is 10.9 Å². The Hall–Kier alpha value is -3.73. The summed E-state index contributed by atoms with van der Waals surface area (Å²) in [6, 6.07) is 16.3. The van der Waals surface area contributed by atoms with Gasteiger partial charge in [0.2, 0.25) is 0 Å². The lowest BCUT2D eigenvalue weighted by atomic mass is 10.1. The topological polar surface area (TPSA) is 63.6 Å². The number of nitrogens with zero attached hydrogens (tertiary/aromatic N) is 2. The van der Waals surface area contributed by atoms with E-state index in [0.29, 0.717) is 22.8 Å². The summed E-state index contributed by atoms with van der Waals surface area (Å²) in [5.74, 6) is 0.891. The number of pyridine rings is 1. The van der Waals surface area contributed by atoms with Crippen LogP contribution in [-0.4, -0.2) is 17.6 Å². The van der Waals surface area contributed by atoms with Crippen molar-refractivity contribution in [3.8, 4) is 5.75 Å². The third-order valence-electron chi connectivity index (χ3n) is 3.64. The molecule has 5 heteroatoms. The van der Waals surface area contributed by atoms with E-state index in [1.807, 2.05) is 18.2 Å². The maximum absolute atomic E-state index is 12.4. The van der Waals surface area contributed by atoms with E-state index in [1.54, 1.807) is 42.6 Å². The van der Waals surface area contributed by atoms with Crippen molar-refractivity contribution in [3.05, 3.63) is 91.0 Å². The minimum atomic E-state index is -0.200. The number of nitrogens with one attached hydrogen (secondary N) is 1. The van der Waals surface area contributed by atoms with Crippen LogP contribution < -0.4 is 10.1 Å². The van der Waals surface area contributed by atoms with Crippen molar-refractivity contribution in [2.75, 3.05) is 5.32 Å². The van der Waals surface area contributed by atoms with Crippen molar-refractivity contribution in [2.45, 2.75) is 0 Å². The smallest absolute Gasteiger partial charge is 0.255 e. The monoisotopic (exact) mass is 345 g/mol. The molecule has 3 rings (SSSR count). The van der Waals surface area contributed by atoms with E-state index in [9.17, 15) is 4.79 Å². The molecule has 0 aliphatic rings. The van der Waals surface area contributed by atoms with Crippen molar-refractivity contribution < 1.29 is 11.0 Å². The molecule has 0 saturated carbocycles. The van der Waals surface area contributed by atoms with Crippen LogP contribution in [0, 0.1) is 0 Å². The van der Waals surface area contributed by atoms with E-state index < -0.39 is 0 Å². The fourth-order valence-electron chi connectivity index (χ4n) is 2.36. The molecule has 1 N–H and O–H groups in total. The van der Waals surface area contributed by atoms with Gasteiger partial charge in [0.1, 0.15) is 11.5 Å². The second-order valence-electron chi connectivity index (χ2n) is 5.41. The molecule has 0 spiro atoms. The number of fused-ring (bicyclic) bond motifs is 1. The Labute approximate surface area is 152 Å². The van der Waals surface area contributed by atoms with E-state index in [2.05, 4.69) is 28.6 Å². The fourth-order valence-corrected chi connectivity index (χ4v) is 2.36. The van der Waals surface area contributed by atoms with Crippen LogP contribution in [0.4, 0.5) is 5.69 Å². The third kappa shape index (κ3) is 4.02. The van der Waals surface area contributed by atoms with Crippen LogP contribution in [0.1, 0.15) is 11.8 Å². The quantitative estimate of drug-likeness (QED) is 0.395. The number of benzene rings is 2. The average molecular weight is 345 g/mol. The van der Waals surface area contributed by atoms with E-state index >= 15 is 0 Å². The molecule has 1 aromatic heterocycles. The molecule has 5 nitrogen and oxygen atoms in total. The lowest BCUT2D eigenvalue weighted by Gasteiger charge is -2.08. The second kappa shape index (κ2) is 7.90. The van der Waals surface area contributed by atoms with E-state index in [1.165, 1.54) is 12.3 Å². The van der Waals surface area contributed by atoms with Crippen molar-refractivity contribution in [1.82, 2.24) is 4.98 Å². The molecule has 130 valence electrons. The molecule has 1 heterocycles. The zero-order chi connectivity index (χ0) is 18.4. The predicted molar refractivity (Wildman–Crippen MR) is 107 cm³/mol. The number of hydrogen-bond donors (Lipinski definition) is 1. The number of allylic oxidation sites excluding steroid dienone is 1. The number of amides is 1. The highest BCUT2D eigenvalue weighted by molar-refractivity contribution is 6.06. The molecule has 26 heavy (non-hydrogen) atoms. The number of anilines is 1. The zero-order valence-corrected chi connectivity index (χ0v) is 14.1. The Bertz CT molecular complexity index is 998. The van der Waals surface area contributed by atoms with Gasteiger partial charge in [-0.25, -0.2) is 0 Å². The first-order valence-electron chi connectivity index (χ1n) is 7.92. The number of ether oxygens (including phenoxy) is 1. The van der Waals surface area contributed by atoms with Gasteiger partial charge in [0.05, 0.1) is 11.7 Å². The van der Waals surface area contributed by atoms with Gasteiger partial charge in [0.15, 0.2) is 0 Å². The Balaban J connectivity index is 0.00000261. The summed E-state index contributed by atoms with van der Waals surface area (Å²) in [7, 11) is 0. The van der Waals surface area contributed by atoms with Gasteiger partial charge in [-0.15, -0.1) is 0 Å². The SMILES string of the molecule is C=C/C(=C\N=C)Oc1ccc(NC(=O)c2ccc3cccnc3c2)cc1.[HH]. The molecule has 2 aromatic carbocycles. The van der Waals surface area contributed by atoms with E-state index in [4.69, 9.17) is 4.74 Å². The normalized spacial score (nSPS) is 11.0. The zero-order valence-electron chi connectivity index (χ0n) is 14.1. The Morgan fingerprint density at radius 1 is 1.19 bits per heavy atom. The molecule has 3 aromatic rings. The van der Waals surface area contributed by atoms with Crippen LogP contribution in [0.25, 0.3) is 10.9 Å². The summed E-state index contributed by atoms with van der Waals surface area (Å²) in [6.45, 7) is 7.02. The fraction of sp³-hybridized carbons (Fsp3) is 0. The predicted octanol–water partition coefficient (Wildman–Crippen LogP) is 4.84. The van der Waals surface area contributed by atoms with Crippen LogP contribution >= 0.6 is 0 Å². The largest absolute Gasteiger partial charge is 0.456 e. The standard InChI is InChI=1S/C21H17N3O2.H2/c1-3-18(14-22-2)26-19-10-8-17(9-11-19)24-21(25)16-7-6-15-5-4-12-23-20(15)13-16;/h3-14H,1-2H2,(H,24,25);1H/b18-14+;. The van der Waals surface area contributed by atoms with Gasteiger partial charge in [-0.05, 0) is 55.3 Å². The summed E-state index contributed by atoms with van der Waals surface area (Å²) in [6.07, 6.45) is 4.71. The van der Waals surface area contributed by atoms with Crippen molar-refractivity contribution in [1.29, 1.82) is 0 Å². The van der Waals surface area contributed by atoms with Gasteiger partial charge in [0.25, 0.3) is 5.91 Å². The third-order valence-corrected chi connectivity index (χ3v) is 3.64. The van der Waals surface area contributed by atoms with Crippen molar-refractivity contribution >= 4 is 29.2 Å². The number of rotatable bonds is 6. The number of aromatic nitrogens is 1. The number of carbonyl (C=O) groups is 1. The summed E-state index contributed by atoms with van der Waals surface area (Å²) >= 11 is 0. The highest BCUT2D eigenvalue weighted by Gasteiger charge is 2.08. The Kier molecular flexibility index (Phi) is 5.19. The Morgan fingerprint density at radius 3 is 2.73 bits per heavy atom.